The van der Waals surface area contributed by atoms with Gasteiger partial charge < -0.3 is 4.74 Å². The molecule has 1 aromatic rings. The molecule has 0 aromatic heterocycles. The van der Waals surface area contributed by atoms with Gasteiger partial charge in [0.15, 0.2) is 0 Å². The molecule has 0 saturated heterocycles. The molecule has 1 rings (SSSR count). The van der Waals surface area contributed by atoms with Crippen molar-refractivity contribution in [3.63, 3.8) is 0 Å². The summed E-state index contributed by atoms with van der Waals surface area (Å²) in [6.07, 6.45) is 1.58. The largest absolute Gasteiger partial charge is 0.494 e. The van der Waals surface area contributed by atoms with Gasteiger partial charge in [-0.1, -0.05) is 18.2 Å². The Bertz CT molecular complexity index is 357. The molecule has 3 heteroatoms. The summed E-state index contributed by atoms with van der Waals surface area (Å²) in [6.45, 7) is 6.87. The molecule has 0 atom stereocenters. The molecule has 0 aliphatic carbocycles. The van der Waals surface area contributed by atoms with E-state index in [1.165, 1.54) is 0 Å². The summed E-state index contributed by atoms with van der Waals surface area (Å²) in [7, 11) is 0. The molecule has 0 unspecified atom stereocenters. The fourth-order valence-corrected chi connectivity index (χ4v) is 1.80. The van der Waals surface area contributed by atoms with Crippen LogP contribution in [0.25, 0.3) is 0 Å². The third-order valence-corrected chi connectivity index (χ3v) is 2.84. The summed E-state index contributed by atoms with van der Waals surface area (Å²) < 4.78 is 5.65. The molecule has 0 saturated carbocycles. The highest BCUT2D eigenvalue weighted by molar-refractivity contribution is 5.20. The molecule has 3 nitrogen and oxygen atoms in total. The van der Waals surface area contributed by atoms with Gasteiger partial charge in [0.05, 0.1) is 12.7 Å². The van der Waals surface area contributed by atoms with Crippen molar-refractivity contribution in [1.82, 2.24) is 4.90 Å². The maximum Gasteiger partial charge on any atom is 0.119 e. The van der Waals surface area contributed by atoms with Crippen LogP contribution in [0.1, 0.15) is 26.7 Å². The van der Waals surface area contributed by atoms with E-state index in [0.717, 1.165) is 31.9 Å². The summed E-state index contributed by atoms with van der Waals surface area (Å²) in [5.41, 5.74) is 0. The number of nitrogens with zero attached hydrogens (tertiary/aromatic N) is 2. The van der Waals surface area contributed by atoms with Crippen LogP contribution in [0, 0.1) is 11.3 Å². The summed E-state index contributed by atoms with van der Waals surface area (Å²) in [5, 5.41) is 8.62. The van der Waals surface area contributed by atoms with Gasteiger partial charge in [0, 0.05) is 25.6 Å². The van der Waals surface area contributed by atoms with Gasteiger partial charge in [-0.2, -0.15) is 5.26 Å². The molecule has 0 N–H and O–H groups in total. The van der Waals surface area contributed by atoms with E-state index < -0.39 is 0 Å². The van der Waals surface area contributed by atoms with E-state index in [4.69, 9.17) is 10.00 Å². The molecule has 0 aliphatic rings. The summed E-state index contributed by atoms with van der Waals surface area (Å²) in [5.74, 6) is 0.922. The molecule has 0 aliphatic heterocycles. The zero-order valence-electron chi connectivity index (χ0n) is 11.3. The summed E-state index contributed by atoms with van der Waals surface area (Å²) in [4.78, 5) is 2.32. The van der Waals surface area contributed by atoms with Gasteiger partial charge in [0.1, 0.15) is 5.75 Å². The van der Waals surface area contributed by atoms with Gasteiger partial charge >= 0.3 is 0 Å². The zero-order valence-corrected chi connectivity index (χ0v) is 11.3. The minimum Gasteiger partial charge on any atom is -0.494 e. The monoisotopic (exact) mass is 246 g/mol. The molecule has 0 amide bonds. The second-order valence-corrected chi connectivity index (χ2v) is 4.55. The second-order valence-electron chi connectivity index (χ2n) is 4.55. The number of nitriles is 1. The molecule has 0 heterocycles. The Hall–Kier alpha value is -1.53. The standard InChI is InChI=1S/C15H22N2O/c1-14(2)17(11-6-10-16)12-7-13-18-15-8-4-3-5-9-15/h3-5,8-9,14H,6-7,11-13H2,1-2H3. The van der Waals surface area contributed by atoms with Crippen LogP contribution in [0.2, 0.25) is 0 Å². The number of hydrogen-bond donors (Lipinski definition) is 0. The average molecular weight is 246 g/mol. The Morgan fingerprint density at radius 3 is 2.56 bits per heavy atom. The number of benzene rings is 1. The smallest absolute Gasteiger partial charge is 0.119 e. The highest BCUT2D eigenvalue weighted by Crippen LogP contribution is 2.09. The lowest BCUT2D eigenvalue weighted by molar-refractivity contribution is 0.201. The van der Waals surface area contributed by atoms with Gasteiger partial charge in [-0.15, -0.1) is 0 Å². The fourth-order valence-electron chi connectivity index (χ4n) is 1.80. The number of hydrogen-bond acceptors (Lipinski definition) is 3. The van der Waals surface area contributed by atoms with Gasteiger partial charge in [0.2, 0.25) is 0 Å². The second kappa shape index (κ2) is 8.54. The van der Waals surface area contributed by atoms with Gasteiger partial charge in [-0.3, -0.25) is 4.90 Å². The van der Waals surface area contributed by atoms with E-state index in [2.05, 4.69) is 24.8 Å². The van der Waals surface area contributed by atoms with Crippen molar-refractivity contribution in [2.75, 3.05) is 19.7 Å². The van der Waals surface area contributed by atoms with Gasteiger partial charge in [0.25, 0.3) is 0 Å². The number of para-hydroxylation sites is 1. The minimum atomic E-state index is 0.482. The predicted molar refractivity (Wildman–Crippen MR) is 73.5 cm³/mol. The van der Waals surface area contributed by atoms with Crippen LogP contribution in [0.3, 0.4) is 0 Å². The average Bonchev–Trinajstić information content (AvgIpc) is 2.38. The molecule has 18 heavy (non-hydrogen) atoms. The topological polar surface area (TPSA) is 36.3 Å². The lowest BCUT2D eigenvalue weighted by atomic mass is 10.2. The van der Waals surface area contributed by atoms with Crippen LogP contribution < -0.4 is 4.74 Å². The van der Waals surface area contributed by atoms with Crippen molar-refractivity contribution in [2.24, 2.45) is 0 Å². The molecule has 0 fully saturated rings. The van der Waals surface area contributed by atoms with Crippen LogP contribution >= 0.6 is 0 Å². The molecular weight excluding hydrogens is 224 g/mol. The van der Waals surface area contributed by atoms with Gasteiger partial charge in [-0.25, -0.2) is 0 Å². The van der Waals surface area contributed by atoms with E-state index in [0.29, 0.717) is 12.5 Å². The van der Waals surface area contributed by atoms with Crippen molar-refractivity contribution in [2.45, 2.75) is 32.7 Å². The molecule has 1 aromatic carbocycles. The normalized spacial score (nSPS) is 10.6. The first kappa shape index (κ1) is 14.5. The number of rotatable bonds is 8. The zero-order chi connectivity index (χ0) is 13.2. The van der Waals surface area contributed by atoms with Crippen LogP contribution in [-0.4, -0.2) is 30.6 Å². The third-order valence-electron chi connectivity index (χ3n) is 2.84. The first-order chi connectivity index (χ1) is 8.74. The SMILES string of the molecule is CC(C)N(CCC#N)CCCOc1ccccc1. The first-order valence-electron chi connectivity index (χ1n) is 6.53. The quantitative estimate of drug-likeness (QED) is 0.661. The predicted octanol–water partition coefficient (Wildman–Crippen LogP) is 3.08. The molecule has 98 valence electrons. The molecular formula is C15H22N2O. The Kier molecular flexibility index (Phi) is 6.90. The van der Waals surface area contributed by atoms with Crippen LogP contribution in [0.4, 0.5) is 0 Å². The third kappa shape index (κ3) is 5.70. The van der Waals surface area contributed by atoms with Crippen molar-refractivity contribution in [3.05, 3.63) is 30.3 Å². The van der Waals surface area contributed by atoms with Crippen molar-refractivity contribution in [3.8, 4) is 11.8 Å². The van der Waals surface area contributed by atoms with Crippen LogP contribution in [0.5, 0.6) is 5.75 Å². The Morgan fingerprint density at radius 1 is 1.22 bits per heavy atom. The van der Waals surface area contributed by atoms with Crippen LogP contribution in [-0.2, 0) is 0 Å². The Labute approximate surface area is 110 Å². The molecule has 0 radical (unpaired) electrons. The lowest BCUT2D eigenvalue weighted by Crippen LogP contribution is -2.33. The summed E-state index contributed by atoms with van der Waals surface area (Å²) >= 11 is 0. The van der Waals surface area contributed by atoms with E-state index in [-0.39, 0.29) is 0 Å². The Morgan fingerprint density at radius 2 is 1.94 bits per heavy atom. The van der Waals surface area contributed by atoms with E-state index >= 15 is 0 Å². The van der Waals surface area contributed by atoms with Crippen molar-refractivity contribution in [1.29, 1.82) is 5.26 Å². The highest BCUT2D eigenvalue weighted by Gasteiger charge is 2.08. The number of ether oxygens (including phenoxy) is 1. The summed E-state index contributed by atoms with van der Waals surface area (Å²) in [6, 6.07) is 12.5. The molecule has 0 spiro atoms. The van der Waals surface area contributed by atoms with Crippen molar-refractivity contribution >= 4 is 0 Å². The Balaban J connectivity index is 2.21. The first-order valence-corrected chi connectivity index (χ1v) is 6.53. The fraction of sp³-hybridized carbons (Fsp3) is 0.533. The highest BCUT2D eigenvalue weighted by atomic mass is 16.5. The van der Waals surface area contributed by atoms with Crippen molar-refractivity contribution < 1.29 is 4.74 Å². The lowest BCUT2D eigenvalue weighted by Gasteiger charge is -2.25. The van der Waals surface area contributed by atoms with E-state index in [1.54, 1.807) is 0 Å². The van der Waals surface area contributed by atoms with Crippen LogP contribution in [0.15, 0.2) is 30.3 Å². The maximum atomic E-state index is 8.62. The maximum absolute atomic E-state index is 8.62. The minimum absolute atomic E-state index is 0.482. The molecule has 0 bridgehead atoms. The van der Waals surface area contributed by atoms with E-state index in [1.807, 2.05) is 30.3 Å². The van der Waals surface area contributed by atoms with Gasteiger partial charge in [-0.05, 0) is 32.4 Å². The van der Waals surface area contributed by atoms with E-state index in [9.17, 15) is 0 Å².